The zero-order chi connectivity index (χ0) is 11.0. The van der Waals surface area contributed by atoms with E-state index in [1.807, 2.05) is 5.32 Å². The van der Waals surface area contributed by atoms with E-state index in [0.717, 1.165) is 6.20 Å². The van der Waals surface area contributed by atoms with Gasteiger partial charge in [-0.15, -0.1) is 6.42 Å². The number of terminal acetylenes is 1. The van der Waals surface area contributed by atoms with Gasteiger partial charge in [-0.2, -0.15) is 5.26 Å². The number of hydrogen-bond donors (Lipinski definition) is 2. The predicted molar refractivity (Wildman–Crippen MR) is 49.4 cm³/mol. The molecule has 0 heterocycles. The van der Waals surface area contributed by atoms with E-state index in [1.54, 1.807) is 6.07 Å². The van der Waals surface area contributed by atoms with E-state index in [0.29, 0.717) is 0 Å². The van der Waals surface area contributed by atoms with E-state index < -0.39 is 11.8 Å². The zero-order valence-electron chi connectivity index (χ0n) is 7.63. The summed E-state index contributed by atoms with van der Waals surface area (Å²) in [5.74, 6) is 0.997. The van der Waals surface area contributed by atoms with E-state index in [-0.39, 0.29) is 12.1 Å². The minimum Gasteiger partial charge on any atom is -0.379 e. The largest absolute Gasteiger partial charge is 0.379 e. The summed E-state index contributed by atoms with van der Waals surface area (Å²) in [4.78, 5) is 21.5. The maximum atomic E-state index is 11.1. The lowest BCUT2D eigenvalue weighted by atomic mass is 10.3. The molecule has 2 amide bonds. The van der Waals surface area contributed by atoms with Crippen molar-refractivity contribution in [3.05, 3.63) is 11.8 Å². The first-order chi connectivity index (χ1) is 6.61. The highest BCUT2D eigenvalue weighted by Gasteiger charge is 2.09. The molecule has 0 aromatic heterocycles. The monoisotopic (exact) mass is 191 g/mol. The first-order valence-corrected chi connectivity index (χ1v) is 3.70. The summed E-state index contributed by atoms with van der Waals surface area (Å²) < 4.78 is 0. The molecule has 0 aliphatic carbocycles. The molecule has 0 aliphatic heterocycles. The zero-order valence-corrected chi connectivity index (χ0v) is 7.63. The van der Waals surface area contributed by atoms with Crippen LogP contribution in [0.5, 0.6) is 0 Å². The van der Waals surface area contributed by atoms with Crippen LogP contribution in [0.15, 0.2) is 11.8 Å². The van der Waals surface area contributed by atoms with E-state index in [2.05, 4.69) is 11.2 Å². The lowest BCUT2D eigenvalue weighted by Gasteiger charge is -1.98. The van der Waals surface area contributed by atoms with Crippen LogP contribution in [0.25, 0.3) is 0 Å². The van der Waals surface area contributed by atoms with E-state index in [4.69, 9.17) is 11.7 Å². The van der Waals surface area contributed by atoms with Crippen molar-refractivity contribution in [1.29, 1.82) is 5.26 Å². The van der Waals surface area contributed by atoms with Crippen molar-refractivity contribution in [2.24, 2.45) is 0 Å². The van der Waals surface area contributed by atoms with Crippen molar-refractivity contribution in [3.63, 3.8) is 0 Å². The average molecular weight is 191 g/mol. The Kier molecular flexibility index (Phi) is 5.25. The average Bonchev–Trinajstić information content (AvgIpc) is 2.11. The second-order valence-electron chi connectivity index (χ2n) is 2.27. The van der Waals surface area contributed by atoms with Gasteiger partial charge in [-0.25, -0.2) is 0 Å². The minimum atomic E-state index is -0.746. The number of rotatable bonds is 3. The summed E-state index contributed by atoms with van der Waals surface area (Å²) in [6.07, 6.45) is 6.10. The summed E-state index contributed by atoms with van der Waals surface area (Å²) in [6.45, 7) is 1.39. The maximum absolute atomic E-state index is 11.1. The highest BCUT2D eigenvalue weighted by Crippen LogP contribution is 1.89. The summed E-state index contributed by atoms with van der Waals surface area (Å²) in [5.41, 5.74) is -0.199. The molecule has 2 N–H and O–H groups in total. The highest BCUT2D eigenvalue weighted by atomic mass is 16.2. The molecule has 0 spiro atoms. The fraction of sp³-hybridized carbons (Fsp3) is 0.222. The molecule has 0 aliphatic rings. The SMILES string of the molecule is C#CCN/C=C(/C#N)C(=O)NC(C)=O. The molecule has 72 valence electrons. The fourth-order valence-corrected chi connectivity index (χ4v) is 0.588. The summed E-state index contributed by atoms with van der Waals surface area (Å²) in [7, 11) is 0. The molecular weight excluding hydrogens is 182 g/mol. The Morgan fingerprint density at radius 2 is 2.21 bits per heavy atom. The molecule has 0 aromatic rings. The summed E-state index contributed by atoms with van der Waals surface area (Å²) in [5, 5.41) is 13.0. The Balaban J connectivity index is 4.36. The molecule has 0 saturated carbocycles. The Hall–Kier alpha value is -2.27. The van der Waals surface area contributed by atoms with Gasteiger partial charge in [0, 0.05) is 13.1 Å². The van der Waals surface area contributed by atoms with Gasteiger partial charge >= 0.3 is 0 Å². The van der Waals surface area contributed by atoms with Crippen LogP contribution in [0, 0.1) is 23.7 Å². The molecule has 5 nitrogen and oxygen atoms in total. The van der Waals surface area contributed by atoms with Gasteiger partial charge in [0.25, 0.3) is 5.91 Å². The predicted octanol–water partition coefficient (Wildman–Crippen LogP) is -0.721. The van der Waals surface area contributed by atoms with Crippen LogP contribution in [-0.2, 0) is 9.59 Å². The minimum absolute atomic E-state index is 0.199. The van der Waals surface area contributed by atoms with Crippen LogP contribution < -0.4 is 10.6 Å². The normalized spacial score (nSPS) is 9.50. The number of hydrogen-bond acceptors (Lipinski definition) is 4. The molecule has 5 heteroatoms. The van der Waals surface area contributed by atoms with E-state index in [1.165, 1.54) is 6.92 Å². The van der Waals surface area contributed by atoms with Crippen molar-refractivity contribution < 1.29 is 9.59 Å². The second kappa shape index (κ2) is 6.27. The lowest BCUT2D eigenvalue weighted by Crippen LogP contribution is -2.29. The first kappa shape index (κ1) is 11.7. The quantitative estimate of drug-likeness (QED) is 0.267. The molecule has 0 radical (unpaired) electrons. The summed E-state index contributed by atoms with van der Waals surface area (Å²) >= 11 is 0. The van der Waals surface area contributed by atoms with Crippen molar-refractivity contribution in [2.45, 2.75) is 6.92 Å². The fourth-order valence-electron chi connectivity index (χ4n) is 0.588. The summed E-state index contributed by atoms with van der Waals surface area (Å²) in [6, 6.07) is 1.63. The number of carbonyl (C=O) groups is 2. The molecule has 0 bridgehead atoms. The second-order valence-corrected chi connectivity index (χ2v) is 2.27. The van der Waals surface area contributed by atoms with E-state index >= 15 is 0 Å². The van der Waals surface area contributed by atoms with Gasteiger partial charge in [0.2, 0.25) is 5.91 Å². The smallest absolute Gasteiger partial charge is 0.269 e. The van der Waals surface area contributed by atoms with Gasteiger partial charge in [-0.05, 0) is 0 Å². The van der Waals surface area contributed by atoms with Gasteiger partial charge in [-0.1, -0.05) is 5.92 Å². The molecule has 0 rings (SSSR count). The van der Waals surface area contributed by atoms with Gasteiger partial charge < -0.3 is 5.32 Å². The van der Waals surface area contributed by atoms with Crippen LogP contribution >= 0.6 is 0 Å². The number of nitriles is 1. The number of nitrogens with one attached hydrogen (secondary N) is 2. The lowest BCUT2D eigenvalue weighted by molar-refractivity contribution is -0.126. The van der Waals surface area contributed by atoms with Crippen molar-refractivity contribution in [1.82, 2.24) is 10.6 Å². The van der Waals surface area contributed by atoms with Crippen LogP contribution in [-0.4, -0.2) is 18.4 Å². The Morgan fingerprint density at radius 3 is 2.64 bits per heavy atom. The number of carbonyl (C=O) groups excluding carboxylic acids is 2. The van der Waals surface area contributed by atoms with Crippen LogP contribution in [0.3, 0.4) is 0 Å². The molecule has 0 unspecified atom stereocenters. The number of nitrogens with zero attached hydrogens (tertiary/aromatic N) is 1. The molecule has 0 atom stereocenters. The van der Waals surface area contributed by atoms with Crippen LogP contribution in [0.2, 0.25) is 0 Å². The first-order valence-electron chi connectivity index (χ1n) is 3.70. The van der Waals surface area contributed by atoms with Crippen molar-refractivity contribution in [3.8, 4) is 18.4 Å². The third-order valence-electron chi connectivity index (χ3n) is 1.11. The van der Waals surface area contributed by atoms with Gasteiger partial charge in [0.1, 0.15) is 11.6 Å². The molecule has 0 saturated heterocycles. The number of amides is 2. The Bertz CT molecular complexity index is 344. The van der Waals surface area contributed by atoms with E-state index in [9.17, 15) is 9.59 Å². The third kappa shape index (κ3) is 4.58. The topological polar surface area (TPSA) is 82.0 Å². The Morgan fingerprint density at radius 1 is 1.57 bits per heavy atom. The van der Waals surface area contributed by atoms with Crippen LogP contribution in [0.4, 0.5) is 0 Å². The third-order valence-corrected chi connectivity index (χ3v) is 1.11. The maximum Gasteiger partial charge on any atom is 0.269 e. The van der Waals surface area contributed by atoms with Gasteiger partial charge in [-0.3, -0.25) is 14.9 Å². The van der Waals surface area contributed by atoms with Crippen LogP contribution in [0.1, 0.15) is 6.92 Å². The highest BCUT2D eigenvalue weighted by molar-refractivity contribution is 6.05. The molecular formula is C9H9N3O2. The van der Waals surface area contributed by atoms with Crippen molar-refractivity contribution >= 4 is 11.8 Å². The molecule has 0 aromatic carbocycles. The number of imide groups is 1. The van der Waals surface area contributed by atoms with Gasteiger partial charge in [0.15, 0.2) is 0 Å². The molecule has 0 fully saturated rings. The Labute approximate surface area is 81.8 Å². The van der Waals surface area contributed by atoms with Gasteiger partial charge in [0.05, 0.1) is 6.54 Å². The standard InChI is InChI=1S/C9H9N3O2/c1-3-4-11-6-8(5-10)9(14)12-7(2)13/h1,6,11H,4H2,2H3,(H,12,13,14)/b8-6-. The van der Waals surface area contributed by atoms with Crippen molar-refractivity contribution in [2.75, 3.05) is 6.54 Å². The molecule has 14 heavy (non-hydrogen) atoms.